The molecule has 0 aromatic rings. The zero-order chi connectivity index (χ0) is 6.08. The van der Waals surface area contributed by atoms with Gasteiger partial charge in [0.1, 0.15) is 0 Å². The zero-order valence-corrected chi connectivity index (χ0v) is 7.50. The van der Waals surface area contributed by atoms with E-state index < -0.39 is 15.7 Å². The molecule has 0 heterocycles. The number of rotatable bonds is 1. The van der Waals surface area contributed by atoms with Gasteiger partial charge in [0.05, 0.1) is 15.7 Å². The van der Waals surface area contributed by atoms with E-state index in [4.69, 9.17) is 5.05 Å². The van der Waals surface area contributed by atoms with Gasteiger partial charge in [-0.25, -0.2) is 0 Å². The van der Waals surface area contributed by atoms with Crippen molar-refractivity contribution in [2.75, 3.05) is 0 Å². The van der Waals surface area contributed by atoms with Crippen LogP contribution in [0, 0.1) is 5.05 Å². The van der Waals surface area contributed by atoms with E-state index in [1.54, 1.807) is 0 Å². The molecule has 7 heavy (non-hydrogen) atoms. The Bertz CT molecular complexity index is 82.2. The van der Waals surface area contributed by atoms with E-state index in [9.17, 15) is 0 Å². The van der Waals surface area contributed by atoms with Crippen molar-refractivity contribution in [2.24, 2.45) is 0 Å². The van der Waals surface area contributed by atoms with Crippen molar-refractivity contribution < 1.29 is 0 Å². The summed E-state index contributed by atoms with van der Waals surface area (Å²) in [4.78, 5) is 0. The van der Waals surface area contributed by atoms with Crippen molar-refractivity contribution in [3.05, 3.63) is 0 Å². The van der Waals surface area contributed by atoms with Crippen LogP contribution in [0.25, 0.3) is 0 Å². The van der Waals surface area contributed by atoms with Gasteiger partial charge in [-0.2, -0.15) is 0 Å². The van der Waals surface area contributed by atoms with Crippen molar-refractivity contribution in [1.82, 2.24) is 0 Å². The van der Waals surface area contributed by atoms with Gasteiger partial charge in [-0.1, -0.05) is 19.6 Å². The third kappa shape index (κ3) is 2.88. The van der Waals surface area contributed by atoms with Crippen molar-refractivity contribution >= 4 is 15.7 Å². The standard InChI is InChI=1S/C4H13NSi2/c1-6(5)7(2,3)4/h5H,1-4H3. The van der Waals surface area contributed by atoms with E-state index in [-0.39, 0.29) is 0 Å². The molecule has 0 aromatic heterocycles. The number of nitrogens with one attached hydrogen (secondary N) is 1. The summed E-state index contributed by atoms with van der Waals surface area (Å²) in [6.45, 7) is 8.85. The minimum Gasteiger partial charge on any atom is -0.356 e. The summed E-state index contributed by atoms with van der Waals surface area (Å²) < 4.78 is 0. The van der Waals surface area contributed by atoms with Gasteiger partial charge in [0.15, 0.2) is 0 Å². The van der Waals surface area contributed by atoms with Gasteiger partial charge >= 0.3 is 0 Å². The first-order valence-electron chi connectivity index (χ1n) is 2.50. The molecule has 1 N–H and O–H groups in total. The van der Waals surface area contributed by atoms with Gasteiger partial charge in [-0.05, 0) is 6.55 Å². The molecule has 0 saturated heterocycles. The molecule has 0 saturated carbocycles. The summed E-state index contributed by atoms with van der Waals surface area (Å²) >= 11 is 0. The molecule has 1 nitrogen and oxygen atoms in total. The second kappa shape index (κ2) is 2.00. The zero-order valence-electron chi connectivity index (χ0n) is 5.50. The minimum atomic E-state index is -0.966. The Morgan fingerprint density at radius 2 is 1.43 bits per heavy atom. The third-order valence-corrected chi connectivity index (χ3v) is 10.1. The Hall–Kier alpha value is 0.234. The predicted octanol–water partition coefficient (Wildman–Crippen LogP) is 1.87. The first-order valence-corrected chi connectivity index (χ1v) is 9.00. The van der Waals surface area contributed by atoms with Crippen LogP contribution in [-0.2, 0) is 0 Å². The fourth-order valence-electron chi connectivity index (χ4n) is 0. The maximum atomic E-state index is 7.39. The van der Waals surface area contributed by atoms with E-state index in [0.29, 0.717) is 0 Å². The van der Waals surface area contributed by atoms with Crippen LogP contribution in [0.3, 0.4) is 0 Å². The molecular formula is C4H13NSi2. The first kappa shape index (κ1) is 7.23. The average molecular weight is 131 g/mol. The molecule has 3 heteroatoms. The number of hydrogen-bond acceptors (Lipinski definition) is 1. The summed E-state index contributed by atoms with van der Waals surface area (Å²) in [5.74, 6) is 0. The Labute approximate surface area is 47.7 Å². The molecule has 0 rings (SSSR count). The van der Waals surface area contributed by atoms with Crippen molar-refractivity contribution in [2.45, 2.75) is 26.2 Å². The highest BCUT2D eigenvalue weighted by molar-refractivity contribution is 7.25. The summed E-state index contributed by atoms with van der Waals surface area (Å²) in [7, 11) is -1.63. The average Bonchev–Trinajstić information content (AvgIpc) is 1.31. The van der Waals surface area contributed by atoms with Gasteiger partial charge < -0.3 is 5.05 Å². The van der Waals surface area contributed by atoms with Crippen LogP contribution in [0.1, 0.15) is 0 Å². The Morgan fingerprint density at radius 3 is 1.43 bits per heavy atom. The highest BCUT2D eigenvalue weighted by Gasteiger charge is 2.15. The second-order valence-electron chi connectivity index (χ2n) is 2.88. The Morgan fingerprint density at radius 1 is 1.29 bits per heavy atom. The summed E-state index contributed by atoms with van der Waals surface area (Å²) in [5, 5.41) is 7.39. The smallest absolute Gasteiger partial charge is 0.0987 e. The molecule has 0 atom stereocenters. The molecule has 0 aliphatic carbocycles. The maximum absolute atomic E-state index is 7.39. The maximum Gasteiger partial charge on any atom is 0.0987 e. The van der Waals surface area contributed by atoms with E-state index in [1.165, 1.54) is 0 Å². The van der Waals surface area contributed by atoms with Gasteiger partial charge in [0.25, 0.3) is 0 Å². The van der Waals surface area contributed by atoms with E-state index >= 15 is 0 Å². The fourth-order valence-corrected chi connectivity index (χ4v) is 0. The molecule has 0 aliphatic rings. The Balaban J connectivity index is 3.79. The van der Waals surface area contributed by atoms with E-state index in [2.05, 4.69) is 26.2 Å². The molecule has 42 valence electrons. The van der Waals surface area contributed by atoms with Crippen LogP contribution in [0.2, 0.25) is 26.2 Å². The molecule has 0 fully saturated rings. The molecule has 0 aromatic carbocycles. The molecule has 0 spiro atoms. The summed E-state index contributed by atoms with van der Waals surface area (Å²) in [5.41, 5.74) is 0. The lowest BCUT2D eigenvalue weighted by Crippen LogP contribution is -2.32. The quantitative estimate of drug-likeness (QED) is 0.525. The van der Waals surface area contributed by atoms with Gasteiger partial charge in [-0.3, -0.25) is 0 Å². The van der Waals surface area contributed by atoms with Crippen LogP contribution in [0.15, 0.2) is 0 Å². The Kier molecular flexibility index (Phi) is 2.07. The largest absolute Gasteiger partial charge is 0.356 e. The highest BCUT2D eigenvalue weighted by Crippen LogP contribution is 1.98. The van der Waals surface area contributed by atoms with Crippen LogP contribution in [0.5, 0.6) is 0 Å². The normalized spacial score (nSPS) is 11.4. The van der Waals surface area contributed by atoms with Crippen molar-refractivity contribution in [3.63, 3.8) is 0 Å². The monoisotopic (exact) mass is 131 g/mol. The molecule has 0 aliphatic heterocycles. The lowest BCUT2D eigenvalue weighted by molar-refractivity contribution is 1.57. The minimum absolute atomic E-state index is 0.661. The summed E-state index contributed by atoms with van der Waals surface area (Å²) in [6.07, 6.45) is 0. The van der Waals surface area contributed by atoms with Crippen LogP contribution in [0.4, 0.5) is 0 Å². The third-order valence-electron chi connectivity index (χ3n) is 1.12. The second-order valence-corrected chi connectivity index (χ2v) is 15.4. The lowest BCUT2D eigenvalue weighted by Gasteiger charge is -2.10. The van der Waals surface area contributed by atoms with Gasteiger partial charge in [0.2, 0.25) is 0 Å². The van der Waals surface area contributed by atoms with E-state index in [0.717, 1.165) is 0 Å². The van der Waals surface area contributed by atoms with Crippen molar-refractivity contribution in [1.29, 1.82) is 5.05 Å². The topological polar surface area (TPSA) is 23.9 Å². The molecule has 0 bridgehead atoms. The van der Waals surface area contributed by atoms with Crippen molar-refractivity contribution in [3.8, 4) is 0 Å². The van der Waals surface area contributed by atoms with Gasteiger partial charge in [-0.15, -0.1) is 0 Å². The SMILES string of the molecule is C[Si](=N)[Si](C)(C)C. The fraction of sp³-hybridized carbons (Fsp3) is 1.00. The highest BCUT2D eigenvalue weighted by atomic mass is 29.2. The molecule has 0 unspecified atom stereocenters. The van der Waals surface area contributed by atoms with Crippen LogP contribution >= 0.6 is 0 Å². The summed E-state index contributed by atoms with van der Waals surface area (Å²) in [6, 6.07) is 0. The molecule has 0 amide bonds. The van der Waals surface area contributed by atoms with Gasteiger partial charge in [0, 0.05) is 0 Å². The lowest BCUT2D eigenvalue weighted by atomic mass is 11.8. The molecule has 0 radical (unpaired) electrons. The predicted molar refractivity (Wildman–Crippen MR) is 37.7 cm³/mol. The van der Waals surface area contributed by atoms with E-state index in [1.807, 2.05) is 0 Å². The first-order chi connectivity index (χ1) is 2.94. The van der Waals surface area contributed by atoms with Crippen LogP contribution < -0.4 is 0 Å². The molecular weight excluding hydrogens is 118 g/mol. The van der Waals surface area contributed by atoms with Crippen LogP contribution in [-0.4, -0.2) is 15.7 Å². The number of hydrogen-bond donors (Lipinski definition) is 1.